The average Bonchev–Trinajstić information content (AvgIpc) is 3.58. The minimum Gasteiger partial charge on any atom is -0.481 e. The second-order valence-electron chi connectivity index (χ2n) is 9.20. The molecule has 192 valence electrons. The molecule has 1 amide bonds. The molecule has 2 saturated heterocycles. The van der Waals surface area contributed by atoms with Crippen LogP contribution in [0.5, 0.6) is 5.75 Å². The Kier molecular flexibility index (Phi) is 8.05. The van der Waals surface area contributed by atoms with E-state index in [4.69, 9.17) is 4.74 Å². The molecular weight excluding hydrogens is 484 g/mol. The molecule has 36 heavy (non-hydrogen) atoms. The molecular formula is C26H30N2O7S. The summed E-state index contributed by atoms with van der Waals surface area (Å²) in [5.74, 6) is -2.15. The zero-order chi connectivity index (χ0) is 25.7. The Morgan fingerprint density at radius 1 is 0.944 bits per heavy atom. The first-order chi connectivity index (χ1) is 17.3. The first-order valence-corrected chi connectivity index (χ1v) is 13.6. The van der Waals surface area contributed by atoms with Gasteiger partial charge in [-0.05, 0) is 61.9 Å². The van der Waals surface area contributed by atoms with E-state index in [1.165, 1.54) is 16.4 Å². The molecule has 0 spiro atoms. The number of ether oxygens (including phenoxy) is 1. The van der Waals surface area contributed by atoms with Crippen molar-refractivity contribution in [2.24, 2.45) is 5.92 Å². The molecule has 1 N–H and O–H groups in total. The van der Waals surface area contributed by atoms with Crippen LogP contribution in [0.3, 0.4) is 0 Å². The minimum absolute atomic E-state index is 0.0968. The molecule has 9 nitrogen and oxygen atoms in total. The largest absolute Gasteiger partial charge is 0.481 e. The average molecular weight is 515 g/mol. The molecule has 4 rings (SSSR count). The number of aliphatic carboxylic acids is 1. The summed E-state index contributed by atoms with van der Waals surface area (Å²) in [6.07, 6.45) is 2.25. The number of carboxylic acid groups (broad SMARTS) is 1. The third kappa shape index (κ3) is 5.93. The summed E-state index contributed by atoms with van der Waals surface area (Å²) >= 11 is 0. The SMILES string of the molecule is O=C(O)[C@@H](CC(=O)[C@@H]1CCCN1S(=O)(=O)c1ccccc1)Cc1ccc(OC(=O)N2CCCC2)cc1. The lowest BCUT2D eigenvalue weighted by atomic mass is 9.92. The Balaban J connectivity index is 1.39. The van der Waals surface area contributed by atoms with E-state index in [2.05, 4.69) is 0 Å². The van der Waals surface area contributed by atoms with Gasteiger partial charge in [0.15, 0.2) is 5.78 Å². The number of carbonyl (C=O) groups is 3. The third-order valence-corrected chi connectivity index (χ3v) is 8.62. The molecule has 0 aliphatic carbocycles. The fourth-order valence-electron chi connectivity index (χ4n) is 4.75. The van der Waals surface area contributed by atoms with Crippen LogP contribution >= 0.6 is 0 Å². The van der Waals surface area contributed by atoms with Crippen molar-refractivity contribution in [3.8, 4) is 5.75 Å². The Hall–Kier alpha value is -3.24. The number of nitrogens with zero attached hydrogens (tertiary/aromatic N) is 2. The minimum atomic E-state index is -3.85. The maximum Gasteiger partial charge on any atom is 0.415 e. The van der Waals surface area contributed by atoms with Crippen LogP contribution in [0.2, 0.25) is 0 Å². The fraction of sp³-hybridized carbons (Fsp3) is 0.423. The van der Waals surface area contributed by atoms with Crippen LogP contribution in [0.25, 0.3) is 0 Å². The van der Waals surface area contributed by atoms with Gasteiger partial charge in [0.2, 0.25) is 10.0 Å². The molecule has 0 saturated carbocycles. The van der Waals surface area contributed by atoms with Crippen LogP contribution in [0.1, 0.15) is 37.7 Å². The molecule has 2 fully saturated rings. The van der Waals surface area contributed by atoms with E-state index < -0.39 is 39.8 Å². The second kappa shape index (κ2) is 11.2. The lowest BCUT2D eigenvalue weighted by Crippen LogP contribution is -2.41. The summed E-state index contributed by atoms with van der Waals surface area (Å²) < 4.78 is 32.7. The van der Waals surface area contributed by atoms with Gasteiger partial charge < -0.3 is 14.7 Å². The maximum absolute atomic E-state index is 13.1. The number of Topliss-reactive ketones (excluding diaryl/α,β-unsaturated/α-hetero) is 1. The van der Waals surface area contributed by atoms with Gasteiger partial charge in [0.25, 0.3) is 0 Å². The Morgan fingerprint density at radius 2 is 1.61 bits per heavy atom. The van der Waals surface area contributed by atoms with Gasteiger partial charge in [0, 0.05) is 26.1 Å². The van der Waals surface area contributed by atoms with Gasteiger partial charge in [-0.15, -0.1) is 0 Å². The number of hydrogen-bond donors (Lipinski definition) is 1. The molecule has 2 aromatic carbocycles. The number of rotatable bonds is 9. The normalized spacial score (nSPS) is 19.2. The highest BCUT2D eigenvalue weighted by Crippen LogP contribution is 2.29. The number of carbonyl (C=O) groups excluding carboxylic acids is 2. The number of carboxylic acids is 1. The van der Waals surface area contributed by atoms with E-state index in [1.54, 1.807) is 47.4 Å². The van der Waals surface area contributed by atoms with Crippen LogP contribution in [0.4, 0.5) is 4.79 Å². The zero-order valence-corrected chi connectivity index (χ0v) is 20.7. The van der Waals surface area contributed by atoms with Gasteiger partial charge in [-0.2, -0.15) is 4.31 Å². The first kappa shape index (κ1) is 25.8. The molecule has 2 aliphatic rings. The summed E-state index contributed by atoms with van der Waals surface area (Å²) in [5.41, 5.74) is 0.677. The van der Waals surface area contributed by atoms with Gasteiger partial charge in [0.05, 0.1) is 16.9 Å². The third-order valence-electron chi connectivity index (χ3n) is 6.70. The van der Waals surface area contributed by atoms with Crippen molar-refractivity contribution in [2.45, 2.75) is 49.5 Å². The van der Waals surface area contributed by atoms with Crippen molar-refractivity contribution in [1.29, 1.82) is 0 Å². The van der Waals surface area contributed by atoms with E-state index in [1.807, 2.05) is 0 Å². The standard InChI is InChI=1S/C26H30N2O7S/c29-24(23-9-6-16-28(23)36(33,34)22-7-2-1-3-8-22)18-20(25(30)31)17-19-10-12-21(13-11-19)35-26(32)27-14-4-5-15-27/h1-3,7-8,10-13,20,23H,4-6,9,14-18H2,(H,30,31)/t20-,23+/m1/s1. The zero-order valence-electron chi connectivity index (χ0n) is 19.9. The number of hydrogen-bond acceptors (Lipinski definition) is 6. The highest BCUT2D eigenvalue weighted by atomic mass is 32.2. The highest BCUT2D eigenvalue weighted by Gasteiger charge is 2.40. The van der Waals surface area contributed by atoms with Crippen LogP contribution < -0.4 is 4.74 Å². The molecule has 10 heteroatoms. The Bertz CT molecular complexity index is 1190. The number of benzene rings is 2. The van der Waals surface area contributed by atoms with E-state index in [-0.39, 0.29) is 24.3 Å². The molecule has 2 atom stereocenters. The molecule has 0 bridgehead atoms. The predicted molar refractivity (Wildman–Crippen MR) is 131 cm³/mol. The summed E-state index contributed by atoms with van der Waals surface area (Å²) in [6.45, 7) is 1.58. The van der Waals surface area contributed by atoms with Gasteiger partial charge in [-0.25, -0.2) is 13.2 Å². The Morgan fingerprint density at radius 3 is 2.25 bits per heavy atom. The van der Waals surface area contributed by atoms with Crippen LogP contribution in [0, 0.1) is 5.92 Å². The van der Waals surface area contributed by atoms with Crippen molar-refractivity contribution in [1.82, 2.24) is 9.21 Å². The van der Waals surface area contributed by atoms with Gasteiger partial charge >= 0.3 is 12.1 Å². The predicted octanol–water partition coefficient (Wildman–Crippen LogP) is 3.34. The quantitative estimate of drug-likeness (QED) is 0.545. The van der Waals surface area contributed by atoms with E-state index in [0.717, 1.165) is 12.8 Å². The van der Waals surface area contributed by atoms with Crippen molar-refractivity contribution in [2.75, 3.05) is 19.6 Å². The van der Waals surface area contributed by atoms with Crippen molar-refractivity contribution in [3.63, 3.8) is 0 Å². The summed E-state index contributed by atoms with van der Waals surface area (Å²) in [5, 5.41) is 9.77. The van der Waals surface area contributed by atoms with E-state index in [9.17, 15) is 27.9 Å². The van der Waals surface area contributed by atoms with Gasteiger partial charge in [-0.1, -0.05) is 30.3 Å². The molecule has 2 aromatic rings. The van der Waals surface area contributed by atoms with Crippen LogP contribution in [-0.2, 0) is 26.0 Å². The van der Waals surface area contributed by atoms with E-state index in [0.29, 0.717) is 37.2 Å². The number of ketones is 1. The fourth-order valence-corrected chi connectivity index (χ4v) is 6.45. The van der Waals surface area contributed by atoms with E-state index >= 15 is 0 Å². The summed E-state index contributed by atoms with van der Waals surface area (Å²) in [7, 11) is -3.85. The summed E-state index contributed by atoms with van der Waals surface area (Å²) in [6, 6.07) is 13.6. The number of amides is 1. The van der Waals surface area contributed by atoms with Crippen molar-refractivity contribution < 1.29 is 32.6 Å². The number of sulfonamides is 1. The van der Waals surface area contributed by atoms with Crippen LogP contribution in [0.15, 0.2) is 59.5 Å². The second-order valence-corrected chi connectivity index (χ2v) is 11.1. The lowest BCUT2D eigenvalue weighted by Gasteiger charge is -2.24. The Labute approximate surface area is 210 Å². The monoisotopic (exact) mass is 514 g/mol. The molecule has 2 aliphatic heterocycles. The molecule has 2 heterocycles. The van der Waals surface area contributed by atoms with Crippen molar-refractivity contribution in [3.05, 3.63) is 60.2 Å². The van der Waals surface area contributed by atoms with Crippen LogP contribution in [-0.4, -0.2) is 66.3 Å². The molecule has 0 aromatic heterocycles. The highest BCUT2D eigenvalue weighted by molar-refractivity contribution is 7.89. The number of likely N-dealkylation sites (tertiary alicyclic amines) is 1. The van der Waals surface area contributed by atoms with Gasteiger partial charge in [-0.3, -0.25) is 9.59 Å². The first-order valence-electron chi connectivity index (χ1n) is 12.1. The lowest BCUT2D eigenvalue weighted by molar-refractivity contribution is -0.144. The van der Waals surface area contributed by atoms with Gasteiger partial charge in [0.1, 0.15) is 5.75 Å². The smallest absolute Gasteiger partial charge is 0.415 e. The van der Waals surface area contributed by atoms with Crippen molar-refractivity contribution >= 4 is 27.9 Å². The molecule has 0 radical (unpaired) electrons. The molecule has 0 unspecified atom stereocenters. The topological polar surface area (TPSA) is 121 Å². The maximum atomic E-state index is 13.1. The summed E-state index contributed by atoms with van der Waals surface area (Å²) in [4.78, 5) is 39.0.